The fraction of sp³-hybridized carbons (Fsp3) is 1.00. The van der Waals surface area contributed by atoms with Crippen molar-refractivity contribution in [1.82, 2.24) is 0 Å². The van der Waals surface area contributed by atoms with E-state index in [-0.39, 0.29) is 13.1 Å². The van der Waals surface area contributed by atoms with Crippen LogP contribution in [-0.2, 0) is 18.6 Å². The quantitative estimate of drug-likeness (QED) is 0.367. The van der Waals surface area contributed by atoms with E-state index in [9.17, 15) is 4.57 Å². The molecule has 0 radical (unpaired) electrons. The minimum absolute atomic E-state index is 0.00604. The molecular weight excluding hydrogens is 159 g/mol. The van der Waals surface area contributed by atoms with Gasteiger partial charge in [-0.3, -0.25) is 4.57 Å². The normalized spacial score (nSPS) is 16.7. The lowest BCUT2D eigenvalue weighted by atomic mass is 11.4. The van der Waals surface area contributed by atoms with Gasteiger partial charge in [0.15, 0.2) is 6.35 Å². The van der Waals surface area contributed by atoms with Gasteiger partial charge >= 0.3 is 7.60 Å². The predicted molar refractivity (Wildman–Crippen MR) is 34.7 cm³/mol. The maximum Gasteiger partial charge on any atom is 0.353 e. The molecule has 1 N–H and O–H groups in total. The van der Waals surface area contributed by atoms with Crippen molar-refractivity contribution in [3.8, 4) is 0 Å². The van der Waals surface area contributed by atoms with Gasteiger partial charge in [0.25, 0.3) is 0 Å². The van der Waals surface area contributed by atoms with E-state index in [1.165, 1.54) is 7.11 Å². The first-order valence-corrected chi connectivity index (χ1v) is 4.33. The highest BCUT2D eigenvalue weighted by atomic mass is 31.2. The topological polar surface area (TPSA) is 65.0 Å². The first kappa shape index (κ1) is 10.1. The number of hydrogen-bond acceptors (Lipinski definition) is 4. The Balaban J connectivity index is 3.38. The Morgan fingerprint density at radius 1 is 1.50 bits per heavy atom. The first-order chi connectivity index (χ1) is 4.62. The first-order valence-electron chi connectivity index (χ1n) is 2.56. The zero-order valence-electron chi connectivity index (χ0n) is 5.94. The molecule has 6 heteroatoms. The smallest absolute Gasteiger partial charge is 0.353 e. The Bertz CT molecular complexity index is 125. The van der Waals surface area contributed by atoms with Gasteiger partial charge in [-0.05, 0) is 0 Å². The second-order valence-corrected chi connectivity index (χ2v) is 3.46. The van der Waals surface area contributed by atoms with E-state index in [0.717, 1.165) is 7.11 Å². The van der Waals surface area contributed by atoms with Gasteiger partial charge in [-0.2, -0.15) is 0 Å². The van der Waals surface area contributed by atoms with Crippen LogP contribution < -0.4 is 0 Å². The molecule has 0 aliphatic rings. The van der Waals surface area contributed by atoms with Crippen molar-refractivity contribution in [3.05, 3.63) is 0 Å². The van der Waals surface area contributed by atoms with Gasteiger partial charge in [-0.1, -0.05) is 0 Å². The number of ether oxygens (including phenoxy) is 2. The van der Waals surface area contributed by atoms with E-state index in [0.29, 0.717) is 0 Å². The zero-order chi connectivity index (χ0) is 8.04. The highest BCUT2D eigenvalue weighted by Crippen LogP contribution is 2.40. The van der Waals surface area contributed by atoms with Crippen LogP contribution in [0.25, 0.3) is 0 Å². The molecule has 0 aliphatic heterocycles. The van der Waals surface area contributed by atoms with E-state index in [1.807, 2.05) is 0 Å². The van der Waals surface area contributed by atoms with Crippen molar-refractivity contribution in [2.45, 2.75) is 0 Å². The van der Waals surface area contributed by atoms with E-state index < -0.39 is 7.60 Å². The molecule has 1 atom stereocenters. The average molecular weight is 170 g/mol. The number of methoxy groups -OCH3 is 1. The molecule has 0 aliphatic carbocycles. The highest BCUT2D eigenvalue weighted by molar-refractivity contribution is 7.52. The standard InChI is InChI=1S/C4H11O5P/c1-7-3-9-4-10(5,6)8-2/h3-4H2,1-2H3,(H,5,6). The molecule has 0 fully saturated rings. The average Bonchev–Trinajstić information content (AvgIpc) is 1.89. The summed E-state index contributed by atoms with van der Waals surface area (Å²) < 4.78 is 23.9. The van der Waals surface area contributed by atoms with Crippen LogP contribution in [0, 0.1) is 0 Å². The second-order valence-electron chi connectivity index (χ2n) is 1.56. The lowest BCUT2D eigenvalue weighted by Gasteiger charge is -2.07. The summed E-state index contributed by atoms with van der Waals surface area (Å²) in [5.41, 5.74) is 0. The van der Waals surface area contributed by atoms with Crippen molar-refractivity contribution < 1.29 is 23.5 Å². The van der Waals surface area contributed by atoms with Crippen LogP contribution in [0.1, 0.15) is 0 Å². The van der Waals surface area contributed by atoms with E-state index >= 15 is 0 Å². The summed E-state index contributed by atoms with van der Waals surface area (Å²) in [7, 11) is -0.930. The van der Waals surface area contributed by atoms with Gasteiger partial charge in [0.05, 0.1) is 0 Å². The van der Waals surface area contributed by atoms with Crippen LogP contribution in [-0.4, -0.2) is 32.3 Å². The van der Waals surface area contributed by atoms with Gasteiger partial charge in [-0.25, -0.2) is 0 Å². The van der Waals surface area contributed by atoms with Gasteiger partial charge in [-0.15, -0.1) is 0 Å². The third kappa shape index (κ3) is 4.90. The summed E-state index contributed by atoms with van der Waals surface area (Å²) in [6.45, 7) is -0.00604. The Morgan fingerprint density at radius 2 is 2.10 bits per heavy atom. The van der Waals surface area contributed by atoms with Crippen LogP contribution in [0.5, 0.6) is 0 Å². The van der Waals surface area contributed by atoms with Crippen molar-refractivity contribution in [1.29, 1.82) is 0 Å². The number of hydrogen-bond donors (Lipinski definition) is 1. The second kappa shape index (κ2) is 4.82. The van der Waals surface area contributed by atoms with Crippen LogP contribution in [0.3, 0.4) is 0 Å². The molecule has 1 unspecified atom stereocenters. The summed E-state index contributed by atoms with van der Waals surface area (Å²) in [6, 6.07) is 0. The lowest BCUT2D eigenvalue weighted by Crippen LogP contribution is -2.00. The number of rotatable bonds is 5. The van der Waals surface area contributed by atoms with Crippen LogP contribution in [0.4, 0.5) is 0 Å². The fourth-order valence-corrected chi connectivity index (χ4v) is 0.699. The summed E-state index contributed by atoms with van der Waals surface area (Å²) in [4.78, 5) is 8.70. The summed E-state index contributed by atoms with van der Waals surface area (Å²) in [5.74, 6) is 0. The zero-order valence-corrected chi connectivity index (χ0v) is 6.84. The lowest BCUT2D eigenvalue weighted by molar-refractivity contribution is -0.0172. The predicted octanol–water partition coefficient (Wildman–Crippen LogP) is 0.396. The molecule has 0 saturated carbocycles. The Morgan fingerprint density at radius 3 is 2.50 bits per heavy atom. The minimum atomic E-state index is -3.51. The van der Waals surface area contributed by atoms with Gasteiger partial charge in [0, 0.05) is 14.2 Å². The van der Waals surface area contributed by atoms with Crippen LogP contribution in [0.15, 0.2) is 0 Å². The van der Waals surface area contributed by atoms with Crippen molar-refractivity contribution in [3.63, 3.8) is 0 Å². The van der Waals surface area contributed by atoms with Gasteiger partial charge in [0.2, 0.25) is 0 Å². The van der Waals surface area contributed by atoms with E-state index in [2.05, 4.69) is 14.0 Å². The molecule has 0 saturated heterocycles. The third-order valence-electron chi connectivity index (χ3n) is 0.741. The molecule has 0 spiro atoms. The molecule has 0 bridgehead atoms. The van der Waals surface area contributed by atoms with Crippen LogP contribution in [0.2, 0.25) is 0 Å². The Kier molecular flexibility index (Phi) is 4.85. The molecule has 0 aromatic heterocycles. The maximum absolute atomic E-state index is 10.6. The van der Waals surface area contributed by atoms with Crippen molar-refractivity contribution in [2.24, 2.45) is 0 Å². The third-order valence-corrected chi connectivity index (χ3v) is 1.82. The van der Waals surface area contributed by atoms with E-state index in [4.69, 9.17) is 4.89 Å². The molecule has 0 heterocycles. The Hall–Kier alpha value is 0.0700. The summed E-state index contributed by atoms with van der Waals surface area (Å²) >= 11 is 0. The molecule has 10 heavy (non-hydrogen) atoms. The minimum Gasteiger partial charge on any atom is -0.359 e. The van der Waals surface area contributed by atoms with Gasteiger partial charge < -0.3 is 18.9 Å². The fourth-order valence-electron chi connectivity index (χ4n) is 0.289. The summed E-state index contributed by atoms with van der Waals surface area (Å²) in [5, 5.41) is 0. The van der Waals surface area contributed by atoms with Crippen LogP contribution >= 0.6 is 7.60 Å². The largest absolute Gasteiger partial charge is 0.359 e. The van der Waals surface area contributed by atoms with Crippen molar-refractivity contribution in [2.75, 3.05) is 27.4 Å². The van der Waals surface area contributed by atoms with Gasteiger partial charge in [0.1, 0.15) is 6.79 Å². The maximum atomic E-state index is 10.6. The molecular formula is C4H11O5P. The summed E-state index contributed by atoms with van der Waals surface area (Å²) in [6.07, 6.45) is -0.336. The monoisotopic (exact) mass is 170 g/mol. The molecule has 5 nitrogen and oxygen atoms in total. The molecule has 0 amide bonds. The van der Waals surface area contributed by atoms with E-state index in [1.54, 1.807) is 0 Å². The molecule has 0 rings (SSSR count). The van der Waals surface area contributed by atoms with Crippen molar-refractivity contribution >= 4 is 7.60 Å². The Labute approximate surface area is 59.4 Å². The molecule has 62 valence electrons. The molecule has 0 aromatic carbocycles. The highest BCUT2D eigenvalue weighted by Gasteiger charge is 2.16. The molecule has 0 aromatic rings. The SMILES string of the molecule is COCOCP(=O)(O)OC.